The van der Waals surface area contributed by atoms with E-state index in [0.29, 0.717) is 13.0 Å². The molecule has 0 aromatic carbocycles. The van der Waals surface area contributed by atoms with Crippen LogP contribution in [0.4, 0.5) is 0 Å². The van der Waals surface area contributed by atoms with Crippen LogP contribution in [0.1, 0.15) is 17.8 Å². The molecule has 0 fully saturated rings. The quantitative estimate of drug-likeness (QED) is 0.779. The summed E-state index contributed by atoms with van der Waals surface area (Å²) in [6.07, 6.45) is 2.14. The molecule has 1 aromatic heterocycles. The summed E-state index contributed by atoms with van der Waals surface area (Å²) in [7, 11) is 1.73. The first kappa shape index (κ1) is 13.4. The van der Waals surface area contributed by atoms with Gasteiger partial charge in [-0.3, -0.25) is 9.78 Å². The zero-order valence-corrected chi connectivity index (χ0v) is 10.4. The third-order valence-electron chi connectivity index (χ3n) is 2.46. The van der Waals surface area contributed by atoms with Gasteiger partial charge in [-0.25, -0.2) is 0 Å². The van der Waals surface area contributed by atoms with E-state index in [-0.39, 0.29) is 5.91 Å². The van der Waals surface area contributed by atoms with Gasteiger partial charge in [0.1, 0.15) is 0 Å². The normalized spacial score (nSPS) is 11.9. The van der Waals surface area contributed by atoms with Crippen molar-refractivity contribution < 1.29 is 4.79 Å². The number of hydrogen-bond acceptors (Lipinski definition) is 3. The van der Waals surface area contributed by atoms with Gasteiger partial charge in [-0.05, 0) is 25.5 Å². The minimum Gasteiger partial charge on any atom is -0.338 e. The van der Waals surface area contributed by atoms with Crippen molar-refractivity contribution in [3.8, 4) is 0 Å². The maximum atomic E-state index is 11.8. The number of carbonyl (C=O) groups is 1. The van der Waals surface area contributed by atoms with E-state index < -0.39 is 6.04 Å². The first-order chi connectivity index (χ1) is 8.04. The largest absolute Gasteiger partial charge is 0.338 e. The number of rotatable bonds is 5. The molecule has 1 rings (SSSR count). The lowest BCUT2D eigenvalue weighted by molar-refractivity contribution is -0.131. The number of pyridine rings is 1. The van der Waals surface area contributed by atoms with Crippen molar-refractivity contribution in [2.24, 2.45) is 5.73 Å². The predicted octanol–water partition coefficient (Wildman–Crippen LogP) is 1.25. The van der Waals surface area contributed by atoms with Gasteiger partial charge in [-0.2, -0.15) is 0 Å². The lowest BCUT2D eigenvalue weighted by atomic mass is 10.2. The van der Waals surface area contributed by atoms with Gasteiger partial charge in [0.25, 0.3) is 0 Å². The molecule has 17 heavy (non-hydrogen) atoms. The van der Waals surface area contributed by atoms with Crippen molar-refractivity contribution in [2.75, 3.05) is 7.05 Å². The van der Waals surface area contributed by atoms with Gasteiger partial charge in [0, 0.05) is 12.7 Å². The van der Waals surface area contributed by atoms with Crippen LogP contribution in [-0.2, 0) is 11.3 Å². The topological polar surface area (TPSA) is 59.2 Å². The van der Waals surface area contributed by atoms with E-state index >= 15 is 0 Å². The molecule has 0 bridgehead atoms. The molecule has 0 aliphatic heterocycles. The second-order valence-electron chi connectivity index (χ2n) is 4.10. The molecule has 0 aliphatic carbocycles. The number of nitrogens with zero attached hydrogens (tertiary/aromatic N) is 2. The van der Waals surface area contributed by atoms with E-state index in [0.717, 1.165) is 11.4 Å². The van der Waals surface area contributed by atoms with Crippen molar-refractivity contribution in [1.29, 1.82) is 0 Å². The minimum absolute atomic E-state index is 0.0896. The van der Waals surface area contributed by atoms with E-state index in [9.17, 15) is 4.79 Å². The Morgan fingerprint density at radius 2 is 2.35 bits per heavy atom. The fraction of sp³-hybridized carbons (Fsp3) is 0.385. The van der Waals surface area contributed by atoms with Crippen molar-refractivity contribution in [2.45, 2.75) is 25.9 Å². The first-order valence-electron chi connectivity index (χ1n) is 5.58. The van der Waals surface area contributed by atoms with Crippen LogP contribution < -0.4 is 5.73 Å². The summed E-state index contributed by atoms with van der Waals surface area (Å²) in [4.78, 5) is 17.8. The molecule has 0 saturated heterocycles. The summed E-state index contributed by atoms with van der Waals surface area (Å²) in [6, 6.07) is 5.24. The maximum Gasteiger partial charge on any atom is 0.239 e. The summed E-state index contributed by atoms with van der Waals surface area (Å²) in [5.74, 6) is -0.0896. The molecule has 1 atom stereocenters. The van der Waals surface area contributed by atoms with Gasteiger partial charge in [0.15, 0.2) is 0 Å². The molecule has 4 nitrogen and oxygen atoms in total. The van der Waals surface area contributed by atoms with Gasteiger partial charge in [0.2, 0.25) is 5.91 Å². The van der Waals surface area contributed by atoms with Gasteiger partial charge in [-0.15, -0.1) is 6.58 Å². The minimum atomic E-state index is -0.512. The van der Waals surface area contributed by atoms with Crippen LogP contribution in [0, 0.1) is 6.92 Å². The summed E-state index contributed by atoms with van der Waals surface area (Å²) in [5, 5.41) is 0. The number of likely N-dealkylation sites (N-methyl/N-ethyl adjacent to an activating group) is 1. The summed E-state index contributed by atoms with van der Waals surface area (Å²) in [5.41, 5.74) is 7.54. The van der Waals surface area contributed by atoms with Crippen LogP contribution >= 0.6 is 0 Å². The number of amides is 1. The number of nitrogens with two attached hydrogens (primary N) is 1. The summed E-state index contributed by atoms with van der Waals surface area (Å²) in [6.45, 7) is 5.98. The average molecular weight is 233 g/mol. The second-order valence-corrected chi connectivity index (χ2v) is 4.10. The highest BCUT2D eigenvalue weighted by atomic mass is 16.2. The van der Waals surface area contributed by atoms with Gasteiger partial charge >= 0.3 is 0 Å². The average Bonchev–Trinajstić information content (AvgIpc) is 2.28. The summed E-state index contributed by atoms with van der Waals surface area (Å²) < 4.78 is 0. The number of aromatic nitrogens is 1. The predicted molar refractivity (Wildman–Crippen MR) is 68.2 cm³/mol. The smallest absolute Gasteiger partial charge is 0.239 e. The zero-order valence-electron chi connectivity index (χ0n) is 10.4. The summed E-state index contributed by atoms with van der Waals surface area (Å²) >= 11 is 0. The fourth-order valence-electron chi connectivity index (χ4n) is 1.57. The van der Waals surface area contributed by atoms with Gasteiger partial charge < -0.3 is 10.6 Å². The highest BCUT2D eigenvalue weighted by molar-refractivity contribution is 5.81. The lowest BCUT2D eigenvalue weighted by Gasteiger charge is -2.20. The Morgan fingerprint density at radius 1 is 1.65 bits per heavy atom. The maximum absolute atomic E-state index is 11.8. The molecule has 1 aromatic rings. The van der Waals surface area contributed by atoms with E-state index in [1.165, 1.54) is 0 Å². The van der Waals surface area contributed by atoms with Gasteiger partial charge in [0.05, 0.1) is 18.3 Å². The Kier molecular flexibility index (Phi) is 4.84. The molecular weight excluding hydrogens is 214 g/mol. The molecule has 1 amide bonds. The van der Waals surface area contributed by atoms with E-state index in [1.54, 1.807) is 18.0 Å². The van der Waals surface area contributed by atoms with Crippen molar-refractivity contribution in [1.82, 2.24) is 9.88 Å². The van der Waals surface area contributed by atoms with Gasteiger partial charge in [-0.1, -0.05) is 12.1 Å². The monoisotopic (exact) mass is 233 g/mol. The Hall–Kier alpha value is -1.68. The van der Waals surface area contributed by atoms with E-state index in [4.69, 9.17) is 5.73 Å². The zero-order chi connectivity index (χ0) is 12.8. The SMILES string of the molecule is C=CCC(N)C(=O)N(C)Cc1cccc(C)n1. The third kappa shape index (κ3) is 4.00. The molecule has 0 saturated carbocycles. The lowest BCUT2D eigenvalue weighted by Crippen LogP contribution is -2.41. The Bertz CT molecular complexity index is 403. The number of carbonyl (C=O) groups excluding carboxylic acids is 1. The fourth-order valence-corrected chi connectivity index (χ4v) is 1.57. The molecule has 0 radical (unpaired) electrons. The Morgan fingerprint density at radius 3 is 2.94 bits per heavy atom. The molecule has 92 valence electrons. The van der Waals surface area contributed by atoms with Crippen LogP contribution in [0.25, 0.3) is 0 Å². The van der Waals surface area contributed by atoms with Crippen molar-refractivity contribution >= 4 is 5.91 Å². The Labute approximate surface area is 102 Å². The highest BCUT2D eigenvalue weighted by Gasteiger charge is 2.16. The van der Waals surface area contributed by atoms with Crippen LogP contribution in [0.3, 0.4) is 0 Å². The van der Waals surface area contributed by atoms with E-state index in [1.807, 2.05) is 25.1 Å². The number of hydrogen-bond donors (Lipinski definition) is 1. The highest BCUT2D eigenvalue weighted by Crippen LogP contribution is 2.04. The molecular formula is C13H19N3O. The van der Waals surface area contributed by atoms with Crippen molar-refractivity contribution in [3.05, 3.63) is 42.2 Å². The van der Waals surface area contributed by atoms with Crippen molar-refractivity contribution in [3.63, 3.8) is 0 Å². The molecule has 0 aliphatic rings. The molecule has 4 heteroatoms. The third-order valence-corrected chi connectivity index (χ3v) is 2.46. The van der Waals surface area contributed by atoms with Crippen LogP contribution in [0.5, 0.6) is 0 Å². The molecule has 2 N–H and O–H groups in total. The molecule has 1 unspecified atom stereocenters. The van der Waals surface area contributed by atoms with E-state index in [2.05, 4.69) is 11.6 Å². The molecule has 0 spiro atoms. The standard InChI is InChI=1S/C13H19N3O/c1-4-6-12(14)13(17)16(3)9-11-8-5-7-10(2)15-11/h4-5,7-8,12H,1,6,9,14H2,2-3H3. The molecule has 1 heterocycles. The van der Waals surface area contributed by atoms with Crippen LogP contribution in [0.15, 0.2) is 30.9 Å². The Balaban J connectivity index is 2.62. The second kappa shape index (κ2) is 6.15. The number of aryl methyl sites for hydroxylation is 1. The van der Waals surface area contributed by atoms with Crippen LogP contribution in [0.2, 0.25) is 0 Å². The first-order valence-corrected chi connectivity index (χ1v) is 5.58. The van der Waals surface area contributed by atoms with Crippen LogP contribution in [-0.4, -0.2) is 28.9 Å².